The number of rotatable bonds is 60. The van der Waals surface area contributed by atoms with Gasteiger partial charge in [0.25, 0.3) is 0 Å². The lowest BCUT2D eigenvalue weighted by Gasteiger charge is -2.20. The Morgan fingerprint density at radius 3 is 0.797 bits per heavy atom. The maximum absolute atomic E-state index is 12.5. The van der Waals surface area contributed by atoms with Crippen LogP contribution in [-0.4, -0.2) is 34.9 Å². The molecule has 0 spiro atoms. The number of aliphatic hydroxyl groups excluding tert-OH is 2. The third-order valence-corrected chi connectivity index (χ3v) is 15.2. The van der Waals surface area contributed by atoms with Crippen LogP contribution in [0.15, 0.2) is 24.3 Å². The van der Waals surface area contributed by atoms with Crippen molar-refractivity contribution in [2.75, 3.05) is 6.61 Å². The van der Waals surface area contributed by atoms with Crippen molar-refractivity contribution in [2.45, 2.75) is 379 Å². The summed E-state index contributed by atoms with van der Waals surface area (Å²) in [7, 11) is 0. The van der Waals surface area contributed by atoms with Crippen LogP contribution in [0.3, 0.4) is 0 Å². The Labute approximate surface area is 434 Å². The summed E-state index contributed by atoms with van der Waals surface area (Å²) >= 11 is 0. The van der Waals surface area contributed by atoms with E-state index >= 15 is 0 Å². The van der Waals surface area contributed by atoms with Gasteiger partial charge in [-0.1, -0.05) is 340 Å². The average Bonchev–Trinajstić information content (AvgIpc) is 3.35. The van der Waals surface area contributed by atoms with Crippen molar-refractivity contribution < 1.29 is 15.0 Å². The lowest BCUT2D eigenvalue weighted by Crippen LogP contribution is -2.45. The van der Waals surface area contributed by atoms with Gasteiger partial charge in [-0.05, 0) is 44.9 Å². The molecule has 0 aliphatic rings. The van der Waals surface area contributed by atoms with Crippen LogP contribution >= 0.6 is 0 Å². The fourth-order valence-corrected chi connectivity index (χ4v) is 10.3. The third kappa shape index (κ3) is 57.6. The molecular formula is C65H127NO3. The van der Waals surface area contributed by atoms with Crippen molar-refractivity contribution in [3.05, 3.63) is 24.3 Å². The highest BCUT2D eigenvalue weighted by Gasteiger charge is 2.18. The van der Waals surface area contributed by atoms with Gasteiger partial charge in [0.15, 0.2) is 0 Å². The van der Waals surface area contributed by atoms with Gasteiger partial charge in [0.2, 0.25) is 5.91 Å². The molecule has 0 rings (SSSR count). The number of aliphatic hydroxyl groups is 2. The average molecular weight is 971 g/mol. The fourth-order valence-electron chi connectivity index (χ4n) is 10.3. The van der Waals surface area contributed by atoms with Crippen LogP contribution in [0.4, 0.5) is 0 Å². The molecule has 4 heteroatoms. The minimum atomic E-state index is -0.838. The normalized spacial score (nSPS) is 12.8. The standard InChI is InChI=1S/C65H127NO3/c1-3-5-7-9-11-13-15-17-19-21-23-25-27-29-30-31-32-33-34-35-37-39-41-43-45-47-49-51-53-55-57-59-61-65(69)66-63(62-67)64(68)60-58-56-54-52-50-48-46-44-42-40-38-36-28-26-24-22-20-18-16-14-12-10-8-6-4-2/h29-30,58,60,63-64,67-68H,3-28,31-57,59,61-62H2,1-2H3,(H,66,69)/b30-29-,60-58+. The summed E-state index contributed by atoms with van der Waals surface area (Å²) in [6.07, 6.45) is 82.4. The molecule has 0 heterocycles. The molecule has 0 fully saturated rings. The van der Waals surface area contributed by atoms with E-state index in [0.29, 0.717) is 6.42 Å². The monoisotopic (exact) mass is 970 g/mol. The lowest BCUT2D eigenvalue weighted by molar-refractivity contribution is -0.123. The predicted molar refractivity (Wildman–Crippen MR) is 309 cm³/mol. The molecular weight excluding hydrogens is 843 g/mol. The van der Waals surface area contributed by atoms with Crippen LogP contribution in [0.25, 0.3) is 0 Å². The largest absolute Gasteiger partial charge is 0.394 e. The van der Waals surface area contributed by atoms with Crippen LogP contribution in [0.2, 0.25) is 0 Å². The van der Waals surface area contributed by atoms with E-state index in [1.807, 2.05) is 6.08 Å². The summed E-state index contributed by atoms with van der Waals surface area (Å²) in [6, 6.07) is -0.621. The van der Waals surface area contributed by atoms with Gasteiger partial charge < -0.3 is 15.5 Å². The van der Waals surface area contributed by atoms with E-state index in [1.54, 1.807) is 6.08 Å². The van der Waals surface area contributed by atoms with Crippen LogP contribution in [-0.2, 0) is 4.79 Å². The molecule has 4 nitrogen and oxygen atoms in total. The topological polar surface area (TPSA) is 69.6 Å². The Hall–Kier alpha value is -1.13. The first-order valence-corrected chi connectivity index (χ1v) is 32.1. The zero-order valence-electron chi connectivity index (χ0n) is 47.4. The molecule has 2 atom stereocenters. The van der Waals surface area contributed by atoms with Crippen molar-refractivity contribution >= 4 is 5.91 Å². The first-order valence-electron chi connectivity index (χ1n) is 32.1. The molecule has 0 aliphatic heterocycles. The Kier molecular flexibility index (Phi) is 60.2. The smallest absolute Gasteiger partial charge is 0.220 e. The molecule has 2 unspecified atom stereocenters. The first-order chi connectivity index (χ1) is 34.2. The van der Waals surface area contributed by atoms with Gasteiger partial charge in [0.1, 0.15) is 0 Å². The summed E-state index contributed by atoms with van der Waals surface area (Å²) in [5.74, 6) is -0.0562. The summed E-state index contributed by atoms with van der Waals surface area (Å²) in [5.41, 5.74) is 0. The van der Waals surface area contributed by atoms with Gasteiger partial charge in [-0.2, -0.15) is 0 Å². The third-order valence-electron chi connectivity index (χ3n) is 15.2. The van der Waals surface area contributed by atoms with Gasteiger partial charge in [0, 0.05) is 6.42 Å². The summed E-state index contributed by atoms with van der Waals surface area (Å²) in [5, 5.41) is 23.3. The maximum Gasteiger partial charge on any atom is 0.220 e. The van der Waals surface area contributed by atoms with Gasteiger partial charge in [-0.15, -0.1) is 0 Å². The number of carbonyl (C=O) groups is 1. The minimum Gasteiger partial charge on any atom is -0.394 e. The lowest BCUT2D eigenvalue weighted by atomic mass is 10.0. The van der Waals surface area contributed by atoms with Crippen molar-refractivity contribution in [3.63, 3.8) is 0 Å². The molecule has 0 radical (unpaired) electrons. The van der Waals surface area contributed by atoms with Gasteiger partial charge in [-0.3, -0.25) is 4.79 Å². The van der Waals surface area contributed by atoms with E-state index in [4.69, 9.17) is 0 Å². The molecule has 0 aromatic rings. The van der Waals surface area contributed by atoms with Crippen LogP contribution in [0, 0.1) is 0 Å². The van der Waals surface area contributed by atoms with Crippen molar-refractivity contribution in [1.82, 2.24) is 5.32 Å². The number of hydrogen-bond donors (Lipinski definition) is 3. The van der Waals surface area contributed by atoms with Gasteiger partial charge in [0.05, 0.1) is 18.8 Å². The molecule has 0 saturated carbocycles. The quantitative estimate of drug-likeness (QED) is 0.0420. The summed E-state index contributed by atoms with van der Waals surface area (Å²) in [6.45, 7) is 4.36. The molecule has 0 bridgehead atoms. The Morgan fingerprint density at radius 2 is 0.551 bits per heavy atom. The van der Waals surface area contributed by atoms with Gasteiger partial charge in [-0.25, -0.2) is 0 Å². The second-order valence-corrected chi connectivity index (χ2v) is 22.2. The zero-order chi connectivity index (χ0) is 49.9. The predicted octanol–water partition coefficient (Wildman–Crippen LogP) is 21.4. The highest BCUT2D eigenvalue weighted by molar-refractivity contribution is 5.76. The molecule has 0 aromatic carbocycles. The highest BCUT2D eigenvalue weighted by atomic mass is 16.3. The van der Waals surface area contributed by atoms with Crippen LogP contribution in [0.1, 0.15) is 367 Å². The summed E-state index contributed by atoms with van der Waals surface area (Å²) in [4.78, 5) is 12.5. The van der Waals surface area contributed by atoms with Crippen LogP contribution in [0.5, 0.6) is 0 Å². The number of allylic oxidation sites excluding steroid dienone is 3. The first kappa shape index (κ1) is 67.9. The fraction of sp³-hybridized carbons (Fsp3) is 0.923. The molecule has 410 valence electrons. The van der Waals surface area contributed by atoms with E-state index in [2.05, 4.69) is 31.3 Å². The Morgan fingerprint density at radius 1 is 0.333 bits per heavy atom. The van der Waals surface area contributed by atoms with Crippen LogP contribution < -0.4 is 5.32 Å². The number of nitrogens with one attached hydrogen (secondary N) is 1. The molecule has 0 aromatic heterocycles. The molecule has 69 heavy (non-hydrogen) atoms. The Balaban J connectivity index is 3.43. The Bertz CT molecular complexity index is 1010. The molecule has 3 N–H and O–H groups in total. The van der Waals surface area contributed by atoms with Crippen molar-refractivity contribution in [2.24, 2.45) is 0 Å². The second kappa shape index (κ2) is 61.2. The van der Waals surface area contributed by atoms with E-state index in [9.17, 15) is 15.0 Å². The zero-order valence-corrected chi connectivity index (χ0v) is 47.4. The van der Waals surface area contributed by atoms with Crippen molar-refractivity contribution in [1.29, 1.82) is 0 Å². The minimum absolute atomic E-state index is 0.0562. The van der Waals surface area contributed by atoms with E-state index < -0.39 is 12.1 Å². The van der Waals surface area contributed by atoms with E-state index in [0.717, 1.165) is 25.7 Å². The number of carbonyl (C=O) groups excluding carboxylic acids is 1. The van der Waals surface area contributed by atoms with Gasteiger partial charge >= 0.3 is 0 Å². The van der Waals surface area contributed by atoms with E-state index in [-0.39, 0.29) is 12.5 Å². The second-order valence-electron chi connectivity index (χ2n) is 22.2. The molecule has 0 aliphatic carbocycles. The summed E-state index contributed by atoms with van der Waals surface area (Å²) < 4.78 is 0. The number of amides is 1. The number of hydrogen-bond acceptors (Lipinski definition) is 3. The number of unbranched alkanes of at least 4 members (excludes halogenated alkanes) is 51. The van der Waals surface area contributed by atoms with E-state index in [1.165, 1.54) is 321 Å². The highest BCUT2D eigenvalue weighted by Crippen LogP contribution is 2.18. The SMILES string of the molecule is CCCCCCCCCCCCCC/C=C\CCCCCCCCCCCCCCCCCCC(=O)NC(CO)C(O)/C=C/CCCCCCCCCCCCCCCCCCCCCCCCC. The maximum atomic E-state index is 12.5. The molecule has 0 saturated heterocycles. The van der Waals surface area contributed by atoms with Crippen molar-refractivity contribution in [3.8, 4) is 0 Å². The molecule has 1 amide bonds.